The number of benzene rings is 13. The second-order valence-electron chi connectivity index (χ2n) is 18.4. The van der Waals surface area contributed by atoms with E-state index in [1.807, 2.05) is 0 Å². The van der Waals surface area contributed by atoms with Crippen molar-refractivity contribution in [3.05, 3.63) is 261 Å². The first-order valence-corrected chi connectivity index (χ1v) is 24.1. The van der Waals surface area contributed by atoms with Gasteiger partial charge in [-0.2, -0.15) is 0 Å². The normalized spacial score (nSPS) is 11.7. The standard InChI is InChI=1S/C68H43NO/c1-2-15-44(16-3-1)45-29-31-46(32-30-45)47-33-36-51(37-34-47)69(52-19-14-18-48(41-52)49-35-38-60-57-24-8-7-22-55(57)56-23-9-11-26-59(56)63(60)42-49)65-40-39-61(68-67(65)62-27-12-13-28-66(62)70-68)64-43-50-17-4-5-20-53(50)54-21-6-10-25-58(54)64/h1-43H. The summed E-state index contributed by atoms with van der Waals surface area (Å²) < 4.78 is 7.05. The second kappa shape index (κ2) is 16.2. The lowest BCUT2D eigenvalue weighted by Gasteiger charge is -2.27. The maximum atomic E-state index is 7.05. The Morgan fingerprint density at radius 1 is 0.257 bits per heavy atom. The molecule has 0 bridgehead atoms. The van der Waals surface area contributed by atoms with E-state index in [0.717, 1.165) is 61.3 Å². The molecule has 0 aliphatic rings. The second-order valence-corrected chi connectivity index (χ2v) is 18.4. The SMILES string of the molecule is c1ccc(-c2ccc(-c3ccc(N(c4cccc(-c5ccc6c7ccccc7c7ccccc7c6c5)c4)c4ccc(-c5cc6ccccc6c6ccccc56)c5oc6ccccc6c45)cc3)cc2)cc1. The van der Waals surface area contributed by atoms with Gasteiger partial charge in [0.05, 0.1) is 11.1 Å². The molecule has 14 aromatic rings. The van der Waals surface area contributed by atoms with E-state index in [9.17, 15) is 0 Å². The predicted octanol–water partition coefficient (Wildman–Crippen LogP) is 19.5. The highest BCUT2D eigenvalue weighted by Gasteiger charge is 2.24. The van der Waals surface area contributed by atoms with E-state index in [1.165, 1.54) is 76.1 Å². The summed E-state index contributed by atoms with van der Waals surface area (Å²) in [6.07, 6.45) is 0. The molecule has 0 aliphatic heterocycles. The molecule has 0 saturated heterocycles. The quantitative estimate of drug-likeness (QED) is 0.148. The Kier molecular flexibility index (Phi) is 9.25. The van der Waals surface area contributed by atoms with Crippen LogP contribution < -0.4 is 4.90 Å². The molecule has 1 heterocycles. The summed E-state index contributed by atoms with van der Waals surface area (Å²) in [5.41, 5.74) is 14.1. The molecule has 0 spiro atoms. The average Bonchev–Trinajstić information content (AvgIpc) is 3.84. The summed E-state index contributed by atoms with van der Waals surface area (Å²) in [6, 6.07) is 94.9. The summed E-state index contributed by atoms with van der Waals surface area (Å²) >= 11 is 0. The van der Waals surface area contributed by atoms with Gasteiger partial charge in [0.1, 0.15) is 11.2 Å². The molecule has 0 atom stereocenters. The van der Waals surface area contributed by atoms with Crippen molar-refractivity contribution >= 4 is 92.9 Å². The summed E-state index contributed by atoms with van der Waals surface area (Å²) in [5.74, 6) is 0. The molecule has 0 aliphatic carbocycles. The summed E-state index contributed by atoms with van der Waals surface area (Å²) in [6.45, 7) is 0. The van der Waals surface area contributed by atoms with Gasteiger partial charge in [0.15, 0.2) is 0 Å². The van der Waals surface area contributed by atoms with Crippen LogP contribution in [0.3, 0.4) is 0 Å². The number of fused-ring (bicyclic) bond motifs is 12. The van der Waals surface area contributed by atoms with Gasteiger partial charge >= 0.3 is 0 Å². The molecule has 13 aromatic carbocycles. The molecule has 70 heavy (non-hydrogen) atoms. The summed E-state index contributed by atoms with van der Waals surface area (Å²) in [7, 11) is 0. The number of anilines is 3. The fourth-order valence-electron chi connectivity index (χ4n) is 11.1. The number of rotatable bonds is 7. The highest BCUT2D eigenvalue weighted by molar-refractivity contribution is 6.26. The van der Waals surface area contributed by atoms with Crippen molar-refractivity contribution in [1.29, 1.82) is 0 Å². The van der Waals surface area contributed by atoms with E-state index in [4.69, 9.17) is 4.42 Å². The monoisotopic (exact) mass is 889 g/mol. The first kappa shape index (κ1) is 39.9. The fraction of sp³-hybridized carbons (Fsp3) is 0. The Balaban J connectivity index is 0.968. The third-order valence-electron chi connectivity index (χ3n) is 14.4. The Bertz CT molecular complexity index is 4300. The highest BCUT2D eigenvalue weighted by atomic mass is 16.3. The molecule has 0 unspecified atom stereocenters. The van der Waals surface area contributed by atoms with E-state index in [-0.39, 0.29) is 0 Å². The topological polar surface area (TPSA) is 16.4 Å². The van der Waals surface area contributed by atoms with Crippen LogP contribution in [0, 0.1) is 0 Å². The van der Waals surface area contributed by atoms with Crippen LogP contribution >= 0.6 is 0 Å². The van der Waals surface area contributed by atoms with Gasteiger partial charge in [-0.15, -0.1) is 0 Å². The molecule has 0 radical (unpaired) electrons. The lowest BCUT2D eigenvalue weighted by Crippen LogP contribution is -2.10. The van der Waals surface area contributed by atoms with Crippen LogP contribution in [0.4, 0.5) is 17.1 Å². The lowest BCUT2D eigenvalue weighted by atomic mass is 9.91. The number of para-hydroxylation sites is 1. The molecule has 2 heteroatoms. The summed E-state index contributed by atoms with van der Waals surface area (Å²) in [5, 5.41) is 14.6. The molecular formula is C68H43NO. The van der Waals surface area contributed by atoms with E-state index in [2.05, 4.69) is 266 Å². The lowest BCUT2D eigenvalue weighted by molar-refractivity contribution is 0.670. The van der Waals surface area contributed by atoms with E-state index in [0.29, 0.717) is 0 Å². The molecule has 14 rings (SSSR count). The van der Waals surface area contributed by atoms with Gasteiger partial charge in [0.25, 0.3) is 0 Å². The van der Waals surface area contributed by atoms with Crippen LogP contribution in [0.25, 0.3) is 120 Å². The Hall–Kier alpha value is -9.24. The minimum absolute atomic E-state index is 0.857. The van der Waals surface area contributed by atoms with Gasteiger partial charge in [0, 0.05) is 22.3 Å². The first-order valence-electron chi connectivity index (χ1n) is 24.1. The molecule has 1 aromatic heterocycles. The van der Waals surface area contributed by atoms with Crippen LogP contribution in [0.1, 0.15) is 0 Å². The number of hydrogen-bond acceptors (Lipinski definition) is 2. The van der Waals surface area contributed by atoms with Crippen LogP contribution in [0.2, 0.25) is 0 Å². The molecule has 0 amide bonds. The van der Waals surface area contributed by atoms with Gasteiger partial charge in [-0.3, -0.25) is 0 Å². The van der Waals surface area contributed by atoms with Gasteiger partial charge in [0.2, 0.25) is 0 Å². The third-order valence-corrected chi connectivity index (χ3v) is 14.4. The van der Waals surface area contributed by atoms with Crippen molar-refractivity contribution in [3.63, 3.8) is 0 Å². The zero-order chi connectivity index (χ0) is 46.1. The van der Waals surface area contributed by atoms with Crippen molar-refractivity contribution in [1.82, 2.24) is 0 Å². The predicted molar refractivity (Wildman–Crippen MR) is 298 cm³/mol. The highest BCUT2D eigenvalue weighted by Crippen LogP contribution is 2.49. The van der Waals surface area contributed by atoms with Crippen LogP contribution in [-0.2, 0) is 0 Å². The minimum Gasteiger partial charge on any atom is -0.455 e. The number of hydrogen-bond donors (Lipinski definition) is 0. The molecule has 0 fully saturated rings. The zero-order valence-electron chi connectivity index (χ0n) is 38.2. The molecule has 0 saturated carbocycles. The van der Waals surface area contributed by atoms with Crippen LogP contribution in [-0.4, -0.2) is 0 Å². The number of furan rings is 1. The Labute approximate surface area is 405 Å². The van der Waals surface area contributed by atoms with Crippen molar-refractivity contribution in [2.24, 2.45) is 0 Å². The van der Waals surface area contributed by atoms with Crippen molar-refractivity contribution in [3.8, 4) is 44.5 Å². The van der Waals surface area contributed by atoms with Gasteiger partial charge in [-0.05, 0) is 147 Å². The van der Waals surface area contributed by atoms with Crippen molar-refractivity contribution < 1.29 is 4.42 Å². The molecule has 0 N–H and O–H groups in total. The smallest absolute Gasteiger partial charge is 0.145 e. The average molecular weight is 890 g/mol. The third kappa shape index (κ3) is 6.49. The van der Waals surface area contributed by atoms with Gasteiger partial charge in [-0.25, -0.2) is 0 Å². The molecule has 2 nitrogen and oxygen atoms in total. The molecular weight excluding hydrogens is 847 g/mol. The van der Waals surface area contributed by atoms with Crippen molar-refractivity contribution in [2.75, 3.05) is 4.90 Å². The maximum absolute atomic E-state index is 7.05. The van der Waals surface area contributed by atoms with Gasteiger partial charge < -0.3 is 9.32 Å². The van der Waals surface area contributed by atoms with Crippen LogP contribution in [0.15, 0.2) is 265 Å². The summed E-state index contributed by atoms with van der Waals surface area (Å²) in [4.78, 5) is 2.42. The maximum Gasteiger partial charge on any atom is 0.145 e. The largest absolute Gasteiger partial charge is 0.455 e. The fourth-order valence-corrected chi connectivity index (χ4v) is 11.1. The van der Waals surface area contributed by atoms with E-state index in [1.54, 1.807) is 0 Å². The van der Waals surface area contributed by atoms with Crippen molar-refractivity contribution in [2.45, 2.75) is 0 Å². The van der Waals surface area contributed by atoms with Crippen LogP contribution in [0.5, 0.6) is 0 Å². The van der Waals surface area contributed by atoms with E-state index < -0.39 is 0 Å². The van der Waals surface area contributed by atoms with Gasteiger partial charge in [-0.1, -0.05) is 206 Å². The first-order chi connectivity index (χ1) is 34.7. The zero-order valence-corrected chi connectivity index (χ0v) is 38.2. The Morgan fingerprint density at radius 2 is 0.743 bits per heavy atom. The molecule has 326 valence electrons. The van der Waals surface area contributed by atoms with E-state index >= 15 is 0 Å². The minimum atomic E-state index is 0.857. The Morgan fingerprint density at radius 3 is 1.43 bits per heavy atom. The number of nitrogens with zero attached hydrogens (tertiary/aromatic N) is 1.